The zero-order valence-corrected chi connectivity index (χ0v) is 10.5. The van der Waals surface area contributed by atoms with Gasteiger partial charge in [-0.25, -0.2) is 4.79 Å². The highest BCUT2D eigenvalue weighted by atomic mass is 16.6. The van der Waals surface area contributed by atoms with E-state index in [1.54, 1.807) is 12.2 Å². The lowest BCUT2D eigenvalue weighted by molar-refractivity contribution is -0.384. The smallest absolute Gasteiger partial charge is 0.338 e. The van der Waals surface area contributed by atoms with Gasteiger partial charge in [0.15, 0.2) is 0 Å². The van der Waals surface area contributed by atoms with Crippen LogP contribution in [0.25, 0.3) is 0 Å². The zero-order chi connectivity index (χ0) is 14.3. The Labute approximate surface area is 110 Å². The summed E-state index contributed by atoms with van der Waals surface area (Å²) in [5.41, 5.74) is 5.57. The Morgan fingerprint density at radius 3 is 2.84 bits per heavy atom. The first-order valence-electron chi connectivity index (χ1n) is 5.55. The third-order valence-electron chi connectivity index (χ3n) is 2.33. The topological polar surface area (TPSA) is 107 Å². The van der Waals surface area contributed by atoms with Crippen LogP contribution < -0.4 is 11.1 Å². The van der Waals surface area contributed by atoms with Gasteiger partial charge in [-0.2, -0.15) is 0 Å². The lowest BCUT2D eigenvalue weighted by Crippen LogP contribution is -2.06. The maximum Gasteiger partial charge on any atom is 0.338 e. The predicted octanol–water partition coefficient (Wildman–Crippen LogP) is 1.31. The molecule has 0 radical (unpaired) electrons. The fourth-order valence-corrected chi connectivity index (χ4v) is 1.43. The van der Waals surface area contributed by atoms with Crippen LogP contribution in [-0.4, -0.2) is 31.1 Å². The van der Waals surface area contributed by atoms with Crippen molar-refractivity contribution in [3.8, 4) is 0 Å². The minimum atomic E-state index is -0.613. The number of hydrogen-bond acceptors (Lipinski definition) is 6. The van der Waals surface area contributed by atoms with Crippen molar-refractivity contribution in [1.29, 1.82) is 0 Å². The summed E-state index contributed by atoms with van der Waals surface area (Å²) < 4.78 is 4.52. The van der Waals surface area contributed by atoms with Gasteiger partial charge >= 0.3 is 5.97 Å². The molecule has 3 N–H and O–H groups in total. The number of ether oxygens (including phenoxy) is 1. The van der Waals surface area contributed by atoms with E-state index in [0.29, 0.717) is 18.8 Å². The zero-order valence-electron chi connectivity index (χ0n) is 10.5. The van der Waals surface area contributed by atoms with Crippen LogP contribution in [0.4, 0.5) is 11.4 Å². The summed E-state index contributed by atoms with van der Waals surface area (Å²) in [6, 6.07) is 4.12. The molecular weight excluding hydrogens is 250 g/mol. The van der Waals surface area contributed by atoms with Crippen LogP contribution in [0.3, 0.4) is 0 Å². The number of nitro groups is 1. The van der Waals surface area contributed by atoms with Crippen LogP contribution in [0, 0.1) is 10.1 Å². The Morgan fingerprint density at radius 2 is 2.26 bits per heavy atom. The molecule has 1 rings (SSSR count). The van der Waals surface area contributed by atoms with Gasteiger partial charge in [0.2, 0.25) is 0 Å². The highest BCUT2D eigenvalue weighted by Crippen LogP contribution is 2.25. The highest BCUT2D eigenvalue weighted by molar-refractivity contribution is 5.91. The molecule has 0 aromatic heterocycles. The molecule has 1 aromatic rings. The van der Waals surface area contributed by atoms with Crippen molar-refractivity contribution in [1.82, 2.24) is 0 Å². The number of nitrogens with two attached hydrogens (primary N) is 1. The first-order chi connectivity index (χ1) is 9.10. The second-order valence-electron chi connectivity index (χ2n) is 3.57. The molecule has 0 saturated carbocycles. The average molecular weight is 265 g/mol. The van der Waals surface area contributed by atoms with Crippen molar-refractivity contribution in [2.75, 3.05) is 25.5 Å². The van der Waals surface area contributed by atoms with E-state index < -0.39 is 10.9 Å². The molecule has 0 fully saturated rings. The molecule has 0 atom stereocenters. The first kappa shape index (κ1) is 14.7. The van der Waals surface area contributed by atoms with Gasteiger partial charge in [-0.05, 0) is 12.1 Å². The maximum atomic E-state index is 11.3. The van der Waals surface area contributed by atoms with Gasteiger partial charge in [-0.15, -0.1) is 0 Å². The summed E-state index contributed by atoms with van der Waals surface area (Å²) >= 11 is 0. The number of carbonyl (C=O) groups excluding carboxylic acids is 1. The summed E-state index contributed by atoms with van der Waals surface area (Å²) in [5, 5.41) is 13.8. The SMILES string of the molecule is COC(=O)c1ccc(NC/C=C/CN)c([N+](=O)[O-])c1. The maximum absolute atomic E-state index is 11.3. The normalized spacial score (nSPS) is 10.4. The highest BCUT2D eigenvalue weighted by Gasteiger charge is 2.17. The number of hydrogen-bond donors (Lipinski definition) is 2. The Kier molecular flexibility index (Phi) is 5.49. The van der Waals surface area contributed by atoms with E-state index in [1.807, 2.05) is 0 Å². The lowest BCUT2D eigenvalue weighted by atomic mass is 10.1. The number of nitrogens with zero attached hydrogens (tertiary/aromatic N) is 1. The molecule has 0 aliphatic heterocycles. The van der Waals surface area contributed by atoms with Crippen LogP contribution in [0.2, 0.25) is 0 Å². The van der Waals surface area contributed by atoms with Crippen molar-refractivity contribution in [2.45, 2.75) is 0 Å². The molecule has 0 amide bonds. The van der Waals surface area contributed by atoms with E-state index in [9.17, 15) is 14.9 Å². The van der Waals surface area contributed by atoms with Crippen LogP contribution in [0.5, 0.6) is 0 Å². The molecule has 19 heavy (non-hydrogen) atoms. The van der Waals surface area contributed by atoms with E-state index in [-0.39, 0.29) is 11.3 Å². The number of benzene rings is 1. The summed E-state index contributed by atoms with van der Waals surface area (Å²) in [4.78, 5) is 21.7. The Morgan fingerprint density at radius 1 is 1.53 bits per heavy atom. The molecule has 0 saturated heterocycles. The molecule has 0 aliphatic rings. The third-order valence-corrected chi connectivity index (χ3v) is 2.33. The number of methoxy groups -OCH3 is 1. The summed E-state index contributed by atoms with van der Waals surface area (Å²) in [6.45, 7) is 0.820. The fourth-order valence-electron chi connectivity index (χ4n) is 1.43. The molecule has 1 aromatic carbocycles. The van der Waals surface area contributed by atoms with Gasteiger partial charge in [0.25, 0.3) is 5.69 Å². The van der Waals surface area contributed by atoms with E-state index in [2.05, 4.69) is 10.1 Å². The number of nitro benzene ring substituents is 1. The first-order valence-corrected chi connectivity index (χ1v) is 5.55. The minimum Gasteiger partial charge on any atom is -0.465 e. The second kappa shape index (κ2) is 7.12. The molecule has 0 spiro atoms. The van der Waals surface area contributed by atoms with Gasteiger partial charge in [0, 0.05) is 19.2 Å². The second-order valence-corrected chi connectivity index (χ2v) is 3.57. The van der Waals surface area contributed by atoms with E-state index in [0.717, 1.165) is 0 Å². The van der Waals surface area contributed by atoms with Crippen LogP contribution in [0.15, 0.2) is 30.4 Å². The van der Waals surface area contributed by atoms with Crippen LogP contribution in [-0.2, 0) is 4.74 Å². The summed E-state index contributed by atoms with van der Waals surface area (Å²) in [7, 11) is 1.22. The van der Waals surface area contributed by atoms with Gasteiger partial charge in [-0.3, -0.25) is 10.1 Å². The average Bonchev–Trinajstić information content (AvgIpc) is 2.42. The van der Waals surface area contributed by atoms with Gasteiger partial charge < -0.3 is 15.8 Å². The monoisotopic (exact) mass is 265 g/mol. The van der Waals surface area contributed by atoms with Gasteiger partial charge in [0.1, 0.15) is 5.69 Å². The fraction of sp³-hybridized carbons (Fsp3) is 0.250. The standard InChI is InChI=1S/C12H15N3O4/c1-19-12(16)9-4-5-10(11(8-9)15(17)18)14-7-3-2-6-13/h2-5,8,14H,6-7,13H2,1H3/b3-2+. The molecular formula is C12H15N3O4. The lowest BCUT2D eigenvalue weighted by Gasteiger charge is -2.06. The predicted molar refractivity (Wildman–Crippen MR) is 71.1 cm³/mol. The van der Waals surface area contributed by atoms with E-state index in [1.165, 1.54) is 25.3 Å². The Hall–Kier alpha value is -2.41. The van der Waals surface area contributed by atoms with Gasteiger partial charge in [-0.1, -0.05) is 12.2 Å². The van der Waals surface area contributed by atoms with E-state index in [4.69, 9.17) is 5.73 Å². The van der Waals surface area contributed by atoms with Crippen LogP contribution >= 0.6 is 0 Å². The molecule has 0 aliphatic carbocycles. The minimum absolute atomic E-state index is 0.136. The molecule has 7 heteroatoms. The third kappa shape index (κ3) is 4.07. The largest absolute Gasteiger partial charge is 0.465 e. The molecule has 0 bridgehead atoms. The van der Waals surface area contributed by atoms with Gasteiger partial charge in [0.05, 0.1) is 17.6 Å². The van der Waals surface area contributed by atoms with Crippen LogP contribution in [0.1, 0.15) is 10.4 Å². The molecule has 0 unspecified atom stereocenters. The number of carbonyl (C=O) groups is 1. The number of esters is 1. The summed E-state index contributed by atoms with van der Waals surface area (Å²) in [5.74, 6) is -0.613. The van der Waals surface area contributed by atoms with Crippen molar-refractivity contribution in [2.24, 2.45) is 5.73 Å². The van der Waals surface area contributed by atoms with Crippen molar-refractivity contribution >= 4 is 17.3 Å². The Balaban J connectivity index is 2.95. The number of nitrogens with one attached hydrogen (secondary N) is 1. The van der Waals surface area contributed by atoms with Crippen molar-refractivity contribution in [3.63, 3.8) is 0 Å². The number of rotatable bonds is 6. The Bertz CT molecular complexity index is 500. The molecule has 102 valence electrons. The molecule has 0 heterocycles. The van der Waals surface area contributed by atoms with E-state index >= 15 is 0 Å². The van der Waals surface area contributed by atoms with Crippen molar-refractivity contribution < 1.29 is 14.5 Å². The summed E-state index contributed by atoms with van der Waals surface area (Å²) in [6.07, 6.45) is 3.50. The van der Waals surface area contributed by atoms with Crippen molar-refractivity contribution in [3.05, 3.63) is 46.0 Å². The quantitative estimate of drug-likeness (QED) is 0.347. The molecule has 7 nitrogen and oxygen atoms in total. The number of anilines is 1.